The molecule has 0 saturated heterocycles. The summed E-state index contributed by atoms with van der Waals surface area (Å²) in [5.74, 6) is -0.974. The van der Waals surface area contributed by atoms with Gasteiger partial charge in [-0.2, -0.15) is 0 Å². The molecule has 0 unspecified atom stereocenters. The van der Waals surface area contributed by atoms with E-state index in [0.29, 0.717) is 6.42 Å². The van der Waals surface area contributed by atoms with Gasteiger partial charge in [0.1, 0.15) is 17.1 Å². The Kier molecular flexibility index (Phi) is 3.97. The number of carbonyl (C=O) groups is 1. The van der Waals surface area contributed by atoms with Gasteiger partial charge in [0.25, 0.3) is 0 Å². The van der Waals surface area contributed by atoms with Gasteiger partial charge in [0.2, 0.25) is 5.75 Å². The Morgan fingerprint density at radius 1 is 1.17 bits per heavy atom. The summed E-state index contributed by atoms with van der Waals surface area (Å²) in [5, 5.41) is 29.7. The van der Waals surface area contributed by atoms with E-state index in [1.807, 2.05) is 0 Å². The first kappa shape index (κ1) is 16.0. The molecule has 24 heavy (non-hydrogen) atoms. The molecule has 0 amide bonds. The molecular formula is C18H18O6. The van der Waals surface area contributed by atoms with Crippen LogP contribution in [0.4, 0.5) is 0 Å². The molecule has 2 aromatic carbocycles. The molecule has 2 aromatic rings. The molecule has 3 N–H and O–H groups in total. The van der Waals surface area contributed by atoms with Gasteiger partial charge in [0.05, 0.1) is 19.6 Å². The highest BCUT2D eigenvalue weighted by Crippen LogP contribution is 2.50. The Bertz CT molecular complexity index is 794. The quantitative estimate of drug-likeness (QED) is 0.800. The number of Topliss-reactive ketones (excluding diaryl/α,β-unsaturated/α-hetero) is 1. The number of ketones is 1. The van der Waals surface area contributed by atoms with Crippen LogP contribution in [0.25, 0.3) is 0 Å². The number of fused-ring (bicyclic) bond motifs is 1. The lowest BCUT2D eigenvalue weighted by molar-refractivity contribution is 0.0820. The van der Waals surface area contributed by atoms with Crippen LogP contribution in [0.3, 0.4) is 0 Å². The van der Waals surface area contributed by atoms with Crippen molar-refractivity contribution in [3.63, 3.8) is 0 Å². The van der Waals surface area contributed by atoms with Gasteiger partial charge < -0.3 is 24.8 Å². The minimum atomic E-state index is -0.471. The van der Waals surface area contributed by atoms with Crippen LogP contribution in [-0.2, 0) is 6.42 Å². The van der Waals surface area contributed by atoms with Gasteiger partial charge in [0.15, 0.2) is 17.3 Å². The zero-order valence-electron chi connectivity index (χ0n) is 13.4. The highest BCUT2D eigenvalue weighted by atomic mass is 16.5. The Labute approximate surface area is 138 Å². The summed E-state index contributed by atoms with van der Waals surface area (Å²) in [4.78, 5) is 12.8. The fourth-order valence-electron chi connectivity index (χ4n) is 2.89. The lowest BCUT2D eigenvalue weighted by Crippen LogP contribution is -2.30. The maximum absolute atomic E-state index is 12.8. The Hall–Kier alpha value is -2.89. The molecule has 0 radical (unpaired) electrons. The number of ether oxygens (including phenoxy) is 2. The molecule has 1 aliphatic heterocycles. The van der Waals surface area contributed by atoms with Gasteiger partial charge in [0, 0.05) is 5.56 Å². The van der Waals surface area contributed by atoms with Gasteiger partial charge >= 0.3 is 0 Å². The number of phenols is 3. The number of rotatable bonds is 3. The van der Waals surface area contributed by atoms with E-state index in [0.717, 1.165) is 5.56 Å². The van der Waals surface area contributed by atoms with Crippen molar-refractivity contribution in [1.29, 1.82) is 0 Å². The molecule has 1 heterocycles. The third-order valence-corrected chi connectivity index (χ3v) is 4.26. The van der Waals surface area contributed by atoms with E-state index in [1.165, 1.54) is 14.0 Å². The van der Waals surface area contributed by atoms with Crippen molar-refractivity contribution >= 4 is 5.78 Å². The Morgan fingerprint density at radius 2 is 1.83 bits per heavy atom. The minimum absolute atomic E-state index is 0.0391. The predicted octanol–water partition coefficient (Wildman–Crippen LogP) is 2.55. The van der Waals surface area contributed by atoms with E-state index in [1.54, 1.807) is 24.3 Å². The van der Waals surface area contributed by atoms with Gasteiger partial charge in [-0.15, -0.1) is 0 Å². The molecule has 3 rings (SSSR count). The molecule has 126 valence electrons. The lowest BCUT2D eigenvalue weighted by Gasteiger charge is -2.27. The number of hydrogen-bond donors (Lipinski definition) is 3. The maximum atomic E-state index is 12.8. The van der Waals surface area contributed by atoms with Crippen LogP contribution in [0.15, 0.2) is 24.3 Å². The summed E-state index contributed by atoms with van der Waals surface area (Å²) in [6.45, 7) is 1.62. The summed E-state index contributed by atoms with van der Waals surface area (Å²) < 4.78 is 10.8. The Balaban J connectivity index is 1.98. The topological polar surface area (TPSA) is 96.2 Å². The fourth-order valence-corrected chi connectivity index (χ4v) is 2.89. The first-order chi connectivity index (χ1) is 11.4. The highest BCUT2D eigenvalue weighted by molar-refractivity contribution is 6.05. The van der Waals surface area contributed by atoms with Crippen LogP contribution >= 0.6 is 0 Å². The number of benzene rings is 2. The van der Waals surface area contributed by atoms with Gasteiger partial charge in [-0.3, -0.25) is 4.79 Å². The molecule has 0 aromatic heterocycles. The second-order valence-electron chi connectivity index (χ2n) is 5.80. The summed E-state index contributed by atoms with van der Waals surface area (Å²) in [5.41, 5.74) is 1.09. The van der Waals surface area contributed by atoms with E-state index in [-0.39, 0.29) is 52.3 Å². The fraction of sp³-hybridized carbons (Fsp3) is 0.278. The summed E-state index contributed by atoms with van der Waals surface area (Å²) in [6, 6.07) is 6.58. The second kappa shape index (κ2) is 5.96. The average Bonchev–Trinajstić information content (AvgIpc) is 2.57. The van der Waals surface area contributed by atoms with Crippen LogP contribution < -0.4 is 9.47 Å². The van der Waals surface area contributed by atoms with Crippen LogP contribution in [0.2, 0.25) is 0 Å². The van der Waals surface area contributed by atoms with Crippen LogP contribution in [0, 0.1) is 12.8 Å². The zero-order valence-corrected chi connectivity index (χ0v) is 13.4. The van der Waals surface area contributed by atoms with Crippen molar-refractivity contribution in [2.45, 2.75) is 13.3 Å². The van der Waals surface area contributed by atoms with E-state index in [4.69, 9.17) is 9.47 Å². The number of carbonyl (C=O) groups excluding carboxylic acids is 1. The van der Waals surface area contributed by atoms with Gasteiger partial charge in [-0.05, 0) is 31.0 Å². The van der Waals surface area contributed by atoms with Gasteiger partial charge in [-0.25, -0.2) is 0 Å². The van der Waals surface area contributed by atoms with E-state index in [9.17, 15) is 20.1 Å². The van der Waals surface area contributed by atoms with Crippen molar-refractivity contribution in [2.24, 2.45) is 5.92 Å². The normalized spacial score (nSPS) is 16.4. The van der Waals surface area contributed by atoms with Crippen LogP contribution in [0.1, 0.15) is 21.5 Å². The van der Waals surface area contributed by atoms with E-state index < -0.39 is 5.92 Å². The molecular weight excluding hydrogens is 312 g/mol. The molecule has 1 atom stereocenters. The molecule has 0 saturated carbocycles. The van der Waals surface area contributed by atoms with Crippen molar-refractivity contribution < 1.29 is 29.6 Å². The second-order valence-corrected chi connectivity index (χ2v) is 5.80. The molecule has 0 spiro atoms. The molecule has 6 heteroatoms. The largest absolute Gasteiger partial charge is 0.508 e. The van der Waals surface area contributed by atoms with E-state index >= 15 is 0 Å². The summed E-state index contributed by atoms with van der Waals surface area (Å²) >= 11 is 0. The Morgan fingerprint density at radius 3 is 2.46 bits per heavy atom. The lowest BCUT2D eigenvalue weighted by atomic mass is 9.88. The third kappa shape index (κ3) is 2.50. The first-order valence-electron chi connectivity index (χ1n) is 7.51. The zero-order chi connectivity index (χ0) is 17.4. The van der Waals surface area contributed by atoms with Gasteiger partial charge in [-0.1, -0.05) is 12.1 Å². The molecule has 0 aliphatic carbocycles. The number of phenolic OH excluding ortho intramolecular Hbond substituents is 3. The maximum Gasteiger partial charge on any atom is 0.204 e. The number of hydrogen-bond acceptors (Lipinski definition) is 6. The number of methoxy groups -OCH3 is 1. The highest BCUT2D eigenvalue weighted by Gasteiger charge is 2.36. The molecule has 1 aliphatic rings. The average molecular weight is 330 g/mol. The third-order valence-electron chi connectivity index (χ3n) is 4.26. The predicted molar refractivity (Wildman–Crippen MR) is 86.2 cm³/mol. The van der Waals surface area contributed by atoms with Crippen molar-refractivity contribution in [1.82, 2.24) is 0 Å². The summed E-state index contributed by atoms with van der Waals surface area (Å²) in [6.07, 6.45) is 0.417. The minimum Gasteiger partial charge on any atom is -0.508 e. The molecule has 6 nitrogen and oxygen atoms in total. The van der Waals surface area contributed by atoms with Crippen LogP contribution in [0.5, 0.6) is 28.7 Å². The standard InChI is InChI=1S/C18H18O6/c1-9-14(20)13-16(22)11(7-10-3-5-12(19)6-4-10)8-24-17(13)18(23-2)15(9)21/h3-6,11,19-21H,7-8H2,1-2H3/t11-/m1/s1. The van der Waals surface area contributed by atoms with Crippen molar-refractivity contribution in [3.8, 4) is 28.7 Å². The molecule has 0 bridgehead atoms. The smallest absolute Gasteiger partial charge is 0.204 e. The first-order valence-corrected chi connectivity index (χ1v) is 7.51. The summed E-state index contributed by atoms with van der Waals surface area (Å²) in [7, 11) is 1.36. The number of aromatic hydroxyl groups is 3. The monoisotopic (exact) mass is 330 g/mol. The molecule has 0 fully saturated rings. The van der Waals surface area contributed by atoms with Crippen molar-refractivity contribution in [2.75, 3.05) is 13.7 Å². The van der Waals surface area contributed by atoms with Crippen LogP contribution in [-0.4, -0.2) is 34.8 Å². The van der Waals surface area contributed by atoms with Crippen molar-refractivity contribution in [3.05, 3.63) is 41.0 Å². The SMILES string of the molecule is COc1c(O)c(C)c(O)c2c1OC[C@@H](Cc1ccc(O)cc1)C2=O. The van der Waals surface area contributed by atoms with E-state index in [2.05, 4.69) is 0 Å².